The smallest absolute Gasteiger partial charge is 0.287 e. The Bertz CT molecular complexity index is 314. The Kier molecular flexibility index (Phi) is 2.62. The number of hydrogen-bond donors (Lipinski definition) is 1. The van der Waals surface area contributed by atoms with Crippen LogP contribution in [0.2, 0.25) is 5.02 Å². The first-order chi connectivity index (χ1) is 5.65. The normalized spacial score (nSPS) is 9.83. The van der Waals surface area contributed by atoms with Crippen molar-refractivity contribution in [2.45, 2.75) is 0 Å². The number of nitro groups is 1. The van der Waals surface area contributed by atoms with Gasteiger partial charge in [-0.2, -0.15) is 0 Å². The maximum Gasteiger partial charge on any atom is 0.287 e. The van der Waals surface area contributed by atoms with Crippen LogP contribution in [-0.4, -0.2) is 10.0 Å². The van der Waals surface area contributed by atoms with Crippen LogP contribution in [0.25, 0.3) is 0 Å². The van der Waals surface area contributed by atoms with Gasteiger partial charge in [0.2, 0.25) is 0 Å². The van der Waals surface area contributed by atoms with Gasteiger partial charge in [0.15, 0.2) is 0 Å². The van der Waals surface area contributed by atoms with Gasteiger partial charge in [-0.05, 0) is 17.7 Å². The predicted octanol–water partition coefficient (Wildman–Crippen LogP) is 2.13. The maximum atomic E-state index is 10.3. The molecule has 63 valence electrons. The summed E-state index contributed by atoms with van der Waals surface area (Å²) < 4.78 is 0. The topological polar surface area (TPSA) is 63.4 Å². The van der Waals surface area contributed by atoms with E-state index in [1.165, 1.54) is 18.2 Å². The van der Waals surface area contributed by atoms with E-state index in [4.69, 9.17) is 16.7 Å². The lowest BCUT2D eigenvalue weighted by Gasteiger charge is -1.96. The number of benzene rings is 1. The molecule has 0 fully saturated rings. The van der Waals surface area contributed by atoms with Gasteiger partial charge in [-0.3, -0.25) is 10.1 Å². The van der Waals surface area contributed by atoms with Crippen molar-refractivity contribution in [2.75, 3.05) is 0 Å². The molecule has 0 saturated carbocycles. The molecule has 12 heavy (non-hydrogen) atoms. The van der Waals surface area contributed by atoms with Gasteiger partial charge >= 0.3 is 0 Å². The number of aliphatic hydroxyl groups is 1. The number of hydrogen-bond acceptors (Lipinski definition) is 3. The molecule has 0 spiro atoms. The molecule has 1 aromatic carbocycles. The summed E-state index contributed by atoms with van der Waals surface area (Å²) in [7, 11) is 0. The Balaban J connectivity index is 3.12. The summed E-state index contributed by atoms with van der Waals surface area (Å²) in [6.45, 7) is 0.829. The molecule has 0 aliphatic carbocycles. The molecule has 0 heterocycles. The van der Waals surface area contributed by atoms with Crippen molar-refractivity contribution in [3.63, 3.8) is 0 Å². The van der Waals surface area contributed by atoms with Gasteiger partial charge in [0, 0.05) is 6.07 Å². The molecular formula is C7H5ClNO3. The average molecular weight is 187 g/mol. The van der Waals surface area contributed by atoms with E-state index in [1.807, 2.05) is 0 Å². The van der Waals surface area contributed by atoms with Gasteiger partial charge in [-0.25, -0.2) is 0 Å². The van der Waals surface area contributed by atoms with Crippen LogP contribution in [0.15, 0.2) is 18.2 Å². The van der Waals surface area contributed by atoms with E-state index in [9.17, 15) is 10.1 Å². The summed E-state index contributed by atoms with van der Waals surface area (Å²) in [4.78, 5) is 9.69. The standard InChI is InChI=1S/C7H5ClNO3/c8-6-3-5(4-10)1-2-7(6)9(11)12/h1-4,10H. The van der Waals surface area contributed by atoms with Crippen LogP contribution < -0.4 is 0 Å². The van der Waals surface area contributed by atoms with Crippen molar-refractivity contribution >= 4 is 17.3 Å². The molecule has 0 aliphatic heterocycles. The van der Waals surface area contributed by atoms with Crippen molar-refractivity contribution in [2.24, 2.45) is 0 Å². The van der Waals surface area contributed by atoms with Crippen LogP contribution in [0.3, 0.4) is 0 Å². The Morgan fingerprint density at radius 2 is 2.25 bits per heavy atom. The van der Waals surface area contributed by atoms with Crippen LogP contribution in [0.4, 0.5) is 5.69 Å². The molecule has 1 radical (unpaired) electrons. The number of nitrogens with zero attached hydrogens (tertiary/aromatic N) is 1. The van der Waals surface area contributed by atoms with E-state index in [-0.39, 0.29) is 10.7 Å². The van der Waals surface area contributed by atoms with Gasteiger partial charge in [0.05, 0.1) is 4.92 Å². The molecule has 5 heteroatoms. The lowest BCUT2D eigenvalue weighted by atomic mass is 10.2. The highest BCUT2D eigenvalue weighted by Gasteiger charge is 2.11. The zero-order chi connectivity index (χ0) is 9.14. The number of halogens is 1. The van der Waals surface area contributed by atoms with Crippen LogP contribution in [0, 0.1) is 16.7 Å². The first-order valence-electron chi connectivity index (χ1n) is 3.06. The van der Waals surface area contributed by atoms with E-state index in [0.717, 1.165) is 6.61 Å². The third kappa shape index (κ3) is 1.72. The fourth-order valence-electron chi connectivity index (χ4n) is 0.752. The summed E-state index contributed by atoms with van der Waals surface area (Å²) in [6, 6.07) is 3.97. The number of nitro benzene ring substituents is 1. The summed E-state index contributed by atoms with van der Waals surface area (Å²) in [5.74, 6) is 0. The molecule has 0 amide bonds. The second-order valence-electron chi connectivity index (χ2n) is 2.10. The molecule has 0 atom stereocenters. The van der Waals surface area contributed by atoms with E-state index in [1.54, 1.807) is 0 Å². The SMILES string of the molecule is O=[N+]([O-])c1ccc([CH]O)cc1Cl. The van der Waals surface area contributed by atoms with E-state index < -0.39 is 4.92 Å². The molecule has 1 N–H and O–H groups in total. The molecule has 4 nitrogen and oxygen atoms in total. The predicted molar refractivity (Wildman–Crippen MR) is 43.4 cm³/mol. The van der Waals surface area contributed by atoms with Gasteiger partial charge < -0.3 is 5.11 Å². The summed E-state index contributed by atoms with van der Waals surface area (Å²) in [6.07, 6.45) is 0. The quantitative estimate of drug-likeness (QED) is 0.569. The molecule has 0 saturated heterocycles. The zero-order valence-electron chi connectivity index (χ0n) is 5.90. The zero-order valence-corrected chi connectivity index (χ0v) is 6.65. The lowest BCUT2D eigenvalue weighted by molar-refractivity contribution is -0.384. The molecule has 0 bridgehead atoms. The summed E-state index contributed by atoms with van der Waals surface area (Å²) >= 11 is 5.53. The van der Waals surface area contributed by atoms with Gasteiger partial charge in [0.1, 0.15) is 11.6 Å². The highest BCUT2D eigenvalue weighted by atomic mass is 35.5. The van der Waals surface area contributed by atoms with Crippen molar-refractivity contribution < 1.29 is 10.0 Å². The molecule has 0 aromatic heterocycles. The number of aliphatic hydroxyl groups excluding tert-OH is 1. The van der Waals surface area contributed by atoms with Crippen molar-refractivity contribution in [3.8, 4) is 0 Å². The second-order valence-corrected chi connectivity index (χ2v) is 2.50. The molecular weight excluding hydrogens is 182 g/mol. The van der Waals surface area contributed by atoms with E-state index in [2.05, 4.69) is 0 Å². The minimum absolute atomic E-state index is 0.0165. The molecule has 1 rings (SSSR count). The second kappa shape index (κ2) is 3.51. The fourth-order valence-corrected chi connectivity index (χ4v) is 1.01. The Morgan fingerprint density at radius 3 is 2.67 bits per heavy atom. The molecule has 0 unspecified atom stereocenters. The largest absolute Gasteiger partial charge is 0.385 e. The number of rotatable bonds is 2. The highest BCUT2D eigenvalue weighted by Crippen LogP contribution is 2.24. The molecule has 1 aromatic rings. The van der Waals surface area contributed by atoms with Crippen molar-refractivity contribution in [3.05, 3.63) is 45.5 Å². The maximum absolute atomic E-state index is 10.3. The van der Waals surface area contributed by atoms with E-state index in [0.29, 0.717) is 5.56 Å². The minimum Gasteiger partial charge on any atom is -0.385 e. The Morgan fingerprint density at radius 1 is 1.58 bits per heavy atom. The van der Waals surface area contributed by atoms with Crippen LogP contribution in [0.5, 0.6) is 0 Å². The monoisotopic (exact) mass is 186 g/mol. The van der Waals surface area contributed by atoms with Crippen molar-refractivity contribution in [1.82, 2.24) is 0 Å². The van der Waals surface area contributed by atoms with Crippen LogP contribution in [-0.2, 0) is 0 Å². The minimum atomic E-state index is -0.580. The van der Waals surface area contributed by atoms with Gasteiger partial charge in [0.25, 0.3) is 5.69 Å². The first-order valence-corrected chi connectivity index (χ1v) is 3.44. The Labute approximate surface area is 73.5 Å². The van der Waals surface area contributed by atoms with Crippen LogP contribution in [0.1, 0.15) is 5.56 Å². The summed E-state index contributed by atoms with van der Waals surface area (Å²) in [5, 5.41) is 18.8. The lowest BCUT2D eigenvalue weighted by Crippen LogP contribution is -1.90. The Hall–Kier alpha value is -1.13. The molecule has 0 aliphatic rings. The third-order valence-corrected chi connectivity index (χ3v) is 1.62. The van der Waals surface area contributed by atoms with Gasteiger partial charge in [-0.1, -0.05) is 11.6 Å². The third-order valence-electron chi connectivity index (χ3n) is 1.32. The van der Waals surface area contributed by atoms with Gasteiger partial charge in [-0.15, -0.1) is 0 Å². The van der Waals surface area contributed by atoms with Crippen LogP contribution >= 0.6 is 11.6 Å². The van der Waals surface area contributed by atoms with E-state index >= 15 is 0 Å². The fraction of sp³-hybridized carbons (Fsp3) is 0. The summed E-state index contributed by atoms with van der Waals surface area (Å²) in [5.41, 5.74) is 0.271. The average Bonchev–Trinajstić information content (AvgIpc) is 2.03. The first kappa shape index (κ1) is 8.96. The highest BCUT2D eigenvalue weighted by molar-refractivity contribution is 6.32. The van der Waals surface area contributed by atoms with Crippen molar-refractivity contribution in [1.29, 1.82) is 0 Å².